The number of rotatable bonds is 4. The van der Waals surface area contributed by atoms with Crippen LogP contribution in [-0.2, 0) is 10.0 Å². The minimum absolute atomic E-state index is 0.0352. The Kier molecular flexibility index (Phi) is 5.31. The second-order valence-electron chi connectivity index (χ2n) is 4.94. The Labute approximate surface area is 144 Å². The lowest BCUT2D eigenvalue weighted by Crippen LogP contribution is -2.27. The zero-order chi connectivity index (χ0) is 17.2. The summed E-state index contributed by atoms with van der Waals surface area (Å²) < 4.78 is 22.9. The van der Waals surface area contributed by atoms with Gasteiger partial charge in [-0.05, 0) is 42.8 Å². The third kappa shape index (κ3) is 4.45. The lowest BCUT2D eigenvalue weighted by Gasteiger charge is -2.15. The molecule has 23 heavy (non-hydrogen) atoms. The fourth-order valence-electron chi connectivity index (χ4n) is 2.00. The van der Waals surface area contributed by atoms with Crippen molar-refractivity contribution in [3.63, 3.8) is 0 Å². The largest absolute Gasteiger partial charge is 0.346 e. The highest BCUT2D eigenvalue weighted by Gasteiger charge is 2.17. The van der Waals surface area contributed by atoms with Gasteiger partial charge in [0.2, 0.25) is 10.0 Å². The van der Waals surface area contributed by atoms with Crippen LogP contribution in [0.2, 0.25) is 10.0 Å². The first-order valence-corrected chi connectivity index (χ1v) is 8.87. The number of hydrogen-bond acceptors (Lipinski definition) is 3. The second-order valence-corrected chi connectivity index (χ2v) is 7.31. The molecular weight excluding hydrogens is 359 g/mol. The van der Waals surface area contributed by atoms with Gasteiger partial charge < -0.3 is 5.32 Å². The van der Waals surface area contributed by atoms with Crippen LogP contribution >= 0.6 is 23.2 Å². The van der Waals surface area contributed by atoms with E-state index < -0.39 is 15.9 Å². The maximum Gasteiger partial charge on any atom is 0.251 e. The maximum absolute atomic E-state index is 12.3. The standard InChI is InChI=1S/C15H14Cl2N2O3S/c1-9(10-3-2-4-12(16)7-10)19-15(20)11-5-6-13(17)14(8-11)23(18,21)22/h2-9H,1H3,(H,19,20)(H2,18,21,22)/t9-/m0/s1. The molecule has 0 aliphatic heterocycles. The number of hydrogen-bond donors (Lipinski definition) is 2. The summed E-state index contributed by atoms with van der Waals surface area (Å²) in [6.07, 6.45) is 0. The average Bonchev–Trinajstić information content (AvgIpc) is 2.46. The predicted octanol–water partition coefficient (Wildman–Crippen LogP) is 3.13. The summed E-state index contributed by atoms with van der Waals surface area (Å²) in [5.74, 6) is -0.445. The van der Waals surface area contributed by atoms with E-state index in [1.165, 1.54) is 12.1 Å². The van der Waals surface area contributed by atoms with Crippen molar-refractivity contribution in [3.05, 3.63) is 63.6 Å². The molecule has 2 aromatic carbocycles. The topological polar surface area (TPSA) is 89.3 Å². The minimum Gasteiger partial charge on any atom is -0.346 e. The molecular formula is C15H14Cl2N2O3S. The van der Waals surface area contributed by atoms with E-state index in [2.05, 4.69) is 5.32 Å². The molecule has 0 heterocycles. The van der Waals surface area contributed by atoms with Crippen molar-refractivity contribution in [2.75, 3.05) is 0 Å². The van der Waals surface area contributed by atoms with E-state index in [-0.39, 0.29) is 21.5 Å². The van der Waals surface area contributed by atoms with Crippen LogP contribution < -0.4 is 10.5 Å². The van der Waals surface area contributed by atoms with Gasteiger partial charge in [0.05, 0.1) is 11.1 Å². The third-order valence-corrected chi connectivity index (χ3v) is 4.82. The second kappa shape index (κ2) is 6.88. The van der Waals surface area contributed by atoms with E-state index in [0.717, 1.165) is 11.6 Å². The minimum atomic E-state index is -4.01. The van der Waals surface area contributed by atoms with Crippen molar-refractivity contribution in [3.8, 4) is 0 Å². The molecule has 0 saturated carbocycles. The summed E-state index contributed by atoms with van der Waals surface area (Å²) in [7, 11) is -4.01. The van der Waals surface area contributed by atoms with Crippen LogP contribution in [0.25, 0.3) is 0 Å². The molecule has 0 fully saturated rings. The first kappa shape index (κ1) is 17.7. The number of nitrogens with two attached hydrogens (primary N) is 1. The lowest BCUT2D eigenvalue weighted by atomic mass is 10.1. The SMILES string of the molecule is C[C@H](NC(=O)c1ccc(Cl)c(S(N)(=O)=O)c1)c1cccc(Cl)c1. The molecule has 122 valence electrons. The van der Waals surface area contributed by atoms with Gasteiger partial charge in [0.1, 0.15) is 4.90 Å². The molecule has 1 amide bonds. The Bertz CT molecular complexity index is 854. The van der Waals surface area contributed by atoms with Crippen molar-refractivity contribution in [1.29, 1.82) is 0 Å². The average molecular weight is 373 g/mol. The highest BCUT2D eigenvalue weighted by Crippen LogP contribution is 2.22. The molecule has 0 radical (unpaired) electrons. The van der Waals surface area contributed by atoms with Gasteiger partial charge in [-0.1, -0.05) is 35.3 Å². The van der Waals surface area contributed by atoms with Crippen molar-refractivity contribution < 1.29 is 13.2 Å². The van der Waals surface area contributed by atoms with E-state index in [1.54, 1.807) is 25.1 Å². The van der Waals surface area contributed by atoms with E-state index in [0.29, 0.717) is 5.02 Å². The van der Waals surface area contributed by atoms with Crippen LogP contribution in [0, 0.1) is 0 Å². The van der Waals surface area contributed by atoms with Crippen molar-refractivity contribution >= 4 is 39.1 Å². The van der Waals surface area contributed by atoms with Crippen LogP contribution in [0.5, 0.6) is 0 Å². The number of carbonyl (C=O) groups excluding carboxylic acids is 1. The number of carbonyl (C=O) groups is 1. The Morgan fingerprint density at radius 3 is 2.48 bits per heavy atom. The number of primary sulfonamides is 1. The highest BCUT2D eigenvalue weighted by molar-refractivity contribution is 7.89. The zero-order valence-corrected chi connectivity index (χ0v) is 14.4. The van der Waals surface area contributed by atoms with Crippen LogP contribution in [-0.4, -0.2) is 14.3 Å². The van der Waals surface area contributed by atoms with Crippen LogP contribution in [0.4, 0.5) is 0 Å². The number of benzene rings is 2. The Hall–Kier alpha value is -1.60. The van der Waals surface area contributed by atoms with Gasteiger partial charge in [-0.25, -0.2) is 13.6 Å². The normalized spacial score (nSPS) is 12.7. The van der Waals surface area contributed by atoms with Gasteiger partial charge in [-0.3, -0.25) is 4.79 Å². The number of halogens is 2. The smallest absolute Gasteiger partial charge is 0.251 e. The molecule has 8 heteroatoms. The van der Waals surface area contributed by atoms with Crippen LogP contribution in [0.3, 0.4) is 0 Å². The molecule has 2 rings (SSSR count). The molecule has 0 unspecified atom stereocenters. The van der Waals surface area contributed by atoms with Gasteiger partial charge in [0, 0.05) is 10.6 Å². The Morgan fingerprint density at radius 2 is 1.87 bits per heavy atom. The molecule has 0 saturated heterocycles. The van der Waals surface area contributed by atoms with Gasteiger partial charge >= 0.3 is 0 Å². The molecule has 5 nitrogen and oxygen atoms in total. The molecule has 0 aliphatic carbocycles. The van der Waals surface area contributed by atoms with Crippen LogP contribution in [0.15, 0.2) is 47.4 Å². The molecule has 0 aromatic heterocycles. The first-order valence-electron chi connectivity index (χ1n) is 6.57. The highest BCUT2D eigenvalue weighted by atomic mass is 35.5. The number of amides is 1. The van der Waals surface area contributed by atoms with Crippen molar-refractivity contribution in [1.82, 2.24) is 5.32 Å². The summed E-state index contributed by atoms with van der Waals surface area (Å²) >= 11 is 11.7. The maximum atomic E-state index is 12.3. The molecule has 0 bridgehead atoms. The molecule has 3 N–H and O–H groups in total. The number of sulfonamides is 1. The van der Waals surface area contributed by atoms with E-state index in [1.807, 2.05) is 6.07 Å². The number of nitrogens with one attached hydrogen (secondary N) is 1. The monoisotopic (exact) mass is 372 g/mol. The quantitative estimate of drug-likeness (QED) is 0.863. The summed E-state index contributed by atoms with van der Waals surface area (Å²) in [6, 6.07) is 10.7. The summed E-state index contributed by atoms with van der Waals surface area (Å²) in [6.45, 7) is 1.79. The first-order chi connectivity index (χ1) is 10.7. The van der Waals surface area contributed by atoms with Gasteiger partial charge in [0.15, 0.2) is 0 Å². The van der Waals surface area contributed by atoms with Crippen LogP contribution in [0.1, 0.15) is 28.9 Å². The zero-order valence-electron chi connectivity index (χ0n) is 12.1. The van der Waals surface area contributed by atoms with E-state index >= 15 is 0 Å². The Balaban J connectivity index is 2.24. The van der Waals surface area contributed by atoms with Crippen molar-refractivity contribution in [2.24, 2.45) is 5.14 Å². The Morgan fingerprint density at radius 1 is 1.17 bits per heavy atom. The van der Waals surface area contributed by atoms with E-state index in [4.69, 9.17) is 28.3 Å². The molecule has 0 aliphatic rings. The summed E-state index contributed by atoms with van der Waals surface area (Å²) in [5.41, 5.74) is 0.971. The fraction of sp³-hybridized carbons (Fsp3) is 0.133. The lowest BCUT2D eigenvalue weighted by molar-refractivity contribution is 0.0939. The molecule has 1 atom stereocenters. The van der Waals surface area contributed by atoms with Crippen molar-refractivity contribution in [2.45, 2.75) is 17.9 Å². The van der Waals surface area contributed by atoms with E-state index in [9.17, 15) is 13.2 Å². The summed E-state index contributed by atoms with van der Waals surface area (Å²) in [5, 5.41) is 8.36. The van der Waals surface area contributed by atoms with Gasteiger partial charge in [-0.2, -0.15) is 0 Å². The van der Waals surface area contributed by atoms with Gasteiger partial charge in [-0.15, -0.1) is 0 Å². The van der Waals surface area contributed by atoms with Gasteiger partial charge in [0.25, 0.3) is 5.91 Å². The molecule has 2 aromatic rings. The molecule has 0 spiro atoms. The predicted molar refractivity (Wildman–Crippen MR) is 90.2 cm³/mol. The summed E-state index contributed by atoms with van der Waals surface area (Å²) in [4.78, 5) is 12.0. The fourth-order valence-corrected chi connectivity index (χ4v) is 3.27. The third-order valence-electron chi connectivity index (χ3n) is 3.20.